The van der Waals surface area contributed by atoms with Gasteiger partial charge in [0.15, 0.2) is 17.3 Å². The highest BCUT2D eigenvalue weighted by atomic mass is 32.2. The van der Waals surface area contributed by atoms with Crippen LogP contribution in [0.15, 0.2) is 46.1 Å². The van der Waals surface area contributed by atoms with Crippen LogP contribution in [0.3, 0.4) is 0 Å². The molecule has 9 heteroatoms. The standard InChI is InChI=1S/C17H14N4O4S/c1-10-19-17(25-21-10)11-2-5-16(18-7-11)26-8-15(22)20-12-3-4-13-14(6-12)24-9-23-13/h2-7H,8-9H2,1H3,(H,20,22). The van der Waals surface area contributed by atoms with E-state index in [1.807, 2.05) is 12.1 Å². The maximum Gasteiger partial charge on any atom is 0.259 e. The molecule has 26 heavy (non-hydrogen) atoms. The molecule has 4 rings (SSSR count). The number of benzene rings is 1. The number of nitrogens with one attached hydrogen (secondary N) is 1. The number of hydrogen-bond acceptors (Lipinski definition) is 8. The lowest BCUT2D eigenvalue weighted by molar-refractivity contribution is -0.113. The molecule has 0 unspecified atom stereocenters. The van der Waals surface area contributed by atoms with Crippen molar-refractivity contribution in [1.29, 1.82) is 0 Å². The highest BCUT2D eigenvalue weighted by Gasteiger charge is 2.14. The molecule has 1 amide bonds. The van der Waals surface area contributed by atoms with Crippen LogP contribution in [0.1, 0.15) is 5.82 Å². The van der Waals surface area contributed by atoms with Crippen molar-refractivity contribution < 1.29 is 18.8 Å². The van der Waals surface area contributed by atoms with Crippen molar-refractivity contribution in [3.8, 4) is 23.0 Å². The van der Waals surface area contributed by atoms with Crippen molar-refractivity contribution in [3.63, 3.8) is 0 Å². The Morgan fingerprint density at radius 2 is 2.12 bits per heavy atom. The number of rotatable bonds is 5. The number of ether oxygens (including phenoxy) is 2. The molecule has 0 aliphatic carbocycles. The SMILES string of the molecule is Cc1noc(-c2ccc(SCC(=O)Nc3ccc4c(c3)OCO4)nc2)n1. The average Bonchev–Trinajstić information content (AvgIpc) is 3.29. The first-order valence-corrected chi connectivity index (χ1v) is 8.75. The molecule has 1 N–H and O–H groups in total. The van der Waals surface area contributed by atoms with E-state index in [0.717, 1.165) is 10.6 Å². The number of aromatic nitrogens is 3. The molecule has 1 aliphatic rings. The molecule has 1 aliphatic heterocycles. The molecular weight excluding hydrogens is 356 g/mol. The summed E-state index contributed by atoms with van der Waals surface area (Å²) in [6, 6.07) is 8.93. The van der Waals surface area contributed by atoms with Crippen LogP contribution in [0.2, 0.25) is 0 Å². The van der Waals surface area contributed by atoms with Gasteiger partial charge in [-0.3, -0.25) is 4.79 Å². The fourth-order valence-electron chi connectivity index (χ4n) is 2.32. The number of carbonyl (C=O) groups is 1. The lowest BCUT2D eigenvalue weighted by Gasteiger charge is -2.06. The molecule has 2 aromatic heterocycles. The Hall–Kier alpha value is -3.07. The summed E-state index contributed by atoms with van der Waals surface area (Å²) < 4.78 is 15.6. The number of amides is 1. The van der Waals surface area contributed by atoms with Gasteiger partial charge in [0.25, 0.3) is 5.89 Å². The predicted molar refractivity (Wildman–Crippen MR) is 94.2 cm³/mol. The molecule has 132 valence electrons. The lowest BCUT2D eigenvalue weighted by atomic mass is 10.3. The van der Waals surface area contributed by atoms with Gasteiger partial charge in [0.05, 0.1) is 16.3 Å². The van der Waals surface area contributed by atoms with Crippen molar-refractivity contribution in [2.75, 3.05) is 17.9 Å². The van der Waals surface area contributed by atoms with Crippen LogP contribution in [0.4, 0.5) is 5.69 Å². The van der Waals surface area contributed by atoms with Crippen molar-refractivity contribution in [3.05, 3.63) is 42.4 Å². The van der Waals surface area contributed by atoms with Crippen molar-refractivity contribution in [1.82, 2.24) is 15.1 Å². The Labute approximate surface area is 152 Å². The number of fused-ring (bicyclic) bond motifs is 1. The van der Waals surface area contributed by atoms with Gasteiger partial charge in [0.2, 0.25) is 12.7 Å². The summed E-state index contributed by atoms with van der Waals surface area (Å²) in [7, 11) is 0. The molecule has 0 radical (unpaired) electrons. The van der Waals surface area contributed by atoms with Crippen LogP contribution < -0.4 is 14.8 Å². The molecule has 0 bridgehead atoms. The third kappa shape index (κ3) is 3.62. The van der Waals surface area contributed by atoms with Crippen LogP contribution in [-0.2, 0) is 4.79 Å². The summed E-state index contributed by atoms with van der Waals surface area (Å²) in [5.74, 6) is 2.40. The van der Waals surface area contributed by atoms with Gasteiger partial charge < -0.3 is 19.3 Å². The minimum Gasteiger partial charge on any atom is -0.454 e. The summed E-state index contributed by atoms with van der Waals surface area (Å²) in [5.41, 5.74) is 1.40. The molecule has 3 heterocycles. The van der Waals surface area contributed by atoms with Crippen molar-refractivity contribution in [2.45, 2.75) is 11.9 Å². The summed E-state index contributed by atoms with van der Waals surface area (Å²) in [6.45, 7) is 1.96. The summed E-state index contributed by atoms with van der Waals surface area (Å²) in [5, 5.41) is 7.30. The quantitative estimate of drug-likeness (QED) is 0.685. The highest BCUT2D eigenvalue weighted by Crippen LogP contribution is 2.34. The first-order chi connectivity index (χ1) is 12.7. The number of pyridine rings is 1. The van der Waals surface area contributed by atoms with Gasteiger partial charge in [-0.1, -0.05) is 16.9 Å². The van der Waals surface area contributed by atoms with Crippen LogP contribution in [-0.4, -0.2) is 33.6 Å². The van der Waals surface area contributed by atoms with E-state index in [1.165, 1.54) is 11.8 Å². The Morgan fingerprint density at radius 1 is 1.23 bits per heavy atom. The zero-order chi connectivity index (χ0) is 17.9. The van der Waals surface area contributed by atoms with E-state index in [2.05, 4.69) is 20.4 Å². The molecule has 0 saturated heterocycles. The maximum absolute atomic E-state index is 12.1. The molecular formula is C17H14N4O4S. The van der Waals surface area contributed by atoms with Gasteiger partial charge in [-0.05, 0) is 31.2 Å². The molecule has 0 spiro atoms. The second-order valence-corrected chi connectivity index (χ2v) is 6.43. The molecule has 0 atom stereocenters. The van der Waals surface area contributed by atoms with Crippen LogP contribution >= 0.6 is 11.8 Å². The van der Waals surface area contributed by atoms with E-state index < -0.39 is 0 Å². The van der Waals surface area contributed by atoms with E-state index >= 15 is 0 Å². The van der Waals surface area contributed by atoms with Crippen LogP contribution in [0, 0.1) is 6.92 Å². The van der Waals surface area contributed by atoms with Gasteiger partial charge in [-0.25, -0.2) is 4.98 Å². The number of nitrogens with zero attached hydrogens (tertiary/aromatic N) is 3. The third-order valence-corrected chi connectivity index (χ3v) is 4.46. The van der Waals surface area contributed by atoms with Gasteiger partial charge in [-0.2, -0.15) is 4.98 Å². The zero-order valence-electron chi connectivity index (χ0n) is 13.8. The molecule has 8 nitrogen and oxygen atoms in total. The number of aryl methyl sites for hydroxylation is 1. The van der Waals surface area contributed by atoms with Crippen LogP contribution in [0.5, 0.6) is 11.5 Å². The number of carbonyl (C=O) groups excluding carboxylic acids is 1. The summed E-state index contributed by atoms with van der Waals surface area (Å²) >= 11 is 1.34. The lowest BCUT2D eigenvalue weighted by Crippen LogP contribution is -2.14. The van der Waals surface area contributed by atoms with E-state index in [9.17, 15) is 4.79 Å². The minimum atomic E-state index is -0.132. The van der Waals surface area contributed by atoms with Crippen molar-refractivity contribution in [2.24, 2.45) is 0 Å². The van der Waals surface area contributed by atoms with E-state index in [-0.39, 0.29) is 18.5 Å². The molecule has 0 saturated carbocycles. The zero-order valence-corrected chi connectivity index (χ0v) is 14.6. The smallest absolute Gasteiger partial charge is 0.259 e. The van der Waals surface area contributed by atoms with Crippen LogP contribution in [0.25, 0.3) is 11.5 Å². The fourth-order valence-corrected chi connectivity index (χ4v) is 2.96. The monoisotopic (exact) mass is 370 g/mol. The topological polar surface area (TPSA) is 99.4 Å². The fraction of sp³-hybridized carbons (Fsp3) is 0.176. The van der Waals surface area contributed by atoms with Gasteiger partial charge in [-0.15, -0.1) is 0 Å². The molecule has 1 aromatic carbocycles. The molecule has 3 aromatic rings. The average molecular weight is 370 g/mol. The second kappa shape index (κ2) is 7.04. The van der Waals surface area contributed by atoms with E-state index in [0.29, 0.717) is 28.9 Å². The second-order valence-electron chi connectivity index (χ2n) is 5.44. The Kier molecular flexibility index (Phi) is 4.44. The Bertz CT molecular complexity index is 942. The largest absolute Gasteiger partial charge is 0.454 e. The number of anilines is 1. The summed E-state index contributed by atoms with van der Waals surface area (Å²) in [4.78, 5) is 20.6. The molecule has 0 fully saturated rings. The third-order valence-electron chi connectivity index (χ3n) is 3.52. The van der Waals surface area contributed by atoms with Gasteiger partial charge in [0, 0.05) is 18.0 Å². The first-order valence-electron chi connectivity index (χ1n) is 7.76. The number of thioether (sulfide) groups is 1. The highest BCUT2D eigenvalue weighted by molar-refractivity contribution is 7.99. The van der Waals surface area contributed by atoms with Gasteiger partial charge in [0.1, 0.15) is 0 Å². The summed E-state index contributed by atoms with van der Waals surface area (Å²) in [6.07, 6.45) is 1.64. The minimum absolute atomic E-state index is 0.132. The number of hydrogen-bond donors (Lipinski definition) is 1. The van der Waals surface area contributed by atoms with E-state index in [4.69, 9.17) is 14.0 Å². The predicted octanol–water partition coefficient (Wildman–Crippen LogP) is 2.90. The Morgan fingerprint density at radius 3 is 2.88 bits per heavy atom. The van der Waals surface area contributed by atoms with Gasteiger partial charge >= 0.3 is 0 Å². The first kappa shape index (κ1) is 16.4. The normalized spacial score (nSPS) is 12.2. The van der Waals surface area contributed by atoms with Crippen molar-refractivity contribution >= 4 is 23.4 Å². The maximum atomic E-state index is 12.1. The Balaban J connectivity index is 1.33. The van der Waals surface area contributed by atoms with E-state index in [1.54, 1.807) is 31.3 Å².